The van der Waals surface area contributed by atoms with Gasteiger partial charge in [-0.2, -0.15) is 0 Å². The summed E-state index contributed by atoms with van der Waals surface area (Å²) in [6.45, 7) is 1.83. The lowest BCUT2D eigenvalue weighted by Crippen LogP contribution is -2.34. The molecule has 0 saturated carbocycles. The van der Waals surface area contributed by atoms with Gasteiger partial charge in [0.2, 0.25) is 10.0 Å². The first-order chi connectivity index (χ1) is 14.6. The second-order valence-corrected chi connectivity index (χ2v) is 9.97. The Morgan fingerprint density at radius 1 is 1.29 bits per heavy atom. The van der Waals surface area contributed by atoms with Crippen LogP contribution in [0, 0.1) is 10.1 Å². The average Bonchev–Trinajstić information content (AvgIpc) is 3.30. The summed E-state index contributed by atoms with van der Waals surface area (Å²) in [6.07, 6.45) is 1.69. The van der Waals surface area contributed by atoms with Crippen molar-refractivity contribution in [1.82, 2.24) is 4.98 Å². The first-order valence-corrected chi connectivity index (χ1v) is 12.0. The molecule has 9 nitrogen and oxygen atoms in total. The lowest BCUT2D eigenvalue weighted by atomic mass is 10.1. The Balaban J connectivity index is 1.53. The third-order valence-corrected chi connectivity index (χ3v) is 6.96. The maximum Gasteiger partial charge on any atom is 0.270 e. The van der Waals surface area contributed by atoms with Gasteiger partial charge in [-0.15, -0.1) is 11.3 Å². The van der Waals surface area contributed by atoms with Gasteiger partial charge >= 0.3 is 0 Å². The molecular formula is C20H18N4O5S2. The highest BCUT2D eigenvalue weighted by atomic mass is 32.2. The zero-order valence-corrected chi connectivity index (χ0v) is 18.2. The van der Waals surface area contributed by atoms with E-state index in [1.807, 2.05) is 6.92 Å². The Morgan fingerprint density at radius 2 is 2.06 bits per heavy atom. The normalized spacial score (nSPS) is 15.5. The summed E-state index contributed by atoms with van der Waals surface area (Å²) in [7, 11) is -3.40. The first-order valence-electron chi connectivity index (χ1n) is 9.27. The molecule has 1 aromatic heterocycles. The molecule has 1 aliphatic rings. The number of carbonyl (C=O) groups is 1. The van der Waals surface area contributed by atoms with E-state index in [0.29, 0.717) is 34.1 Å². The molecule has 0 aliphatic carbocycles. The molecule has 0 fully saturated rings. The highest BCUT2D eigenvalue weighted by molar-refractivity contribution is 7.92. The quantitative estimate of drug-likeness (QED) is 0.460. The molecule has 31 heavy (non-hydrogen) atoms. The van der Waals surface area contributed by atoms with Gasteiger partial charge in [-0.1, -0.05) is 12.1 Å². The van der Waals surface area contributed by atoms with Gasteiger partial charge in [-0.25, -0.2) is 13.4 Å². The molecular weight excluding hydrogens is 440 g/mol. The number of nitrogens with zero attached hydrogens (tertiary/aromatic N) is 3. The number of fused-ring (bicyclic) bond motifs is 1. The van der Waals surface area contributed by atoms with Crippen LogP contribution >= 0.6 is 11.3 Å². The number of nitro groups is 1. The van der Waals surface area contributed by atoms with Crippen molar-refractivity contribution in [1.29, 1.82) is 0 Å². The fourth-order valence-electron chi connectivity index (χ4n) is 3.66. The summed E-state index contributed by atoms with van der Waals surface area (Å²) in [6, 6.07) is 10.8. The van der Waals surface area contributed by atoms with E-state index < -0.39 is 14.9 Å². The minimum absolute atomic E-state index is 0.0356. The Labute approximate surface area is 182 Å². The van der Waals surface area contributed by atoms with Gasteiger partial charge in [-0.05, 0) is 37.1 Å². The van der Waals surface area contributed by atoms with E-state index in [0.717, 1.165) is 5.56 Å². The van der Waals surface area contributed by atoms with Crippen LogP contribution < -0.4 is 9.62 Å². The van der Waals surface area contributed by atoms with E-state index in [1.165, 1.54) is 34.0 Å². The van der Waals surface area contributed by atoms with Crippen LogP contribution in [0.15, 0.2) is 47.8 Å². The van der Waals surface area contributed by atoms with Crippen LogP contribution in [0.2, 0.25) is 0 Å². The molecule has 0 radical (unpaired) electrons. The van der Waals surface area contributed by atoms with Gasteiger partial charge in [0.25, 0.3) is 11.6 Å². The number of carbonyl (C=O) groups excluding carboxylic acids is 1. The summed E-state index contributed by atoms with van der Waals surface area (Å²) in [4.78, 5) is 27.5. The predicted molar refractivity (Wildman–Crippen MR) is 119 cm³/mol. The maximum absolute atomic E-state index is 12.7. The van der Waals surface area contributed by atoms with Crippen molar-refractivity contribution in [3.63, 3.8) is 0 Å². The zero-order valence-electron chi connectivity index (χ0n) is 16.6. The number of rotatable bonds is 5. The van der Waals surface area contributed by atoms with Crippen molar-refractivity contribution >= 4 is 43.8 Å². The number of anilines is 2. The Bertz CT molecular complexity index is 1300. The number of hydrogen-bond donors (Lipinski definition) is 1. The maximum atomic E-state index is 12.7. The summed E-state index contributed by atoms with van der Waals surface area (Å²) in [5.74, 6) is -0.367. The first kappa shape index (κ1) is 20.9. The minimum Gasteiger partial charge on any atom is -0.298 e. The van der Waals surface area contributed by atoms with Crippen molar-refractivity contribution in [2.45, 2.75) is 19.4 Å². The van der Waals surface area contributed by atoms with Crippen LogP contribution in [0.5, 0.6) is 0 Å². The number of aromatic nitrogens is 1. The number of nitrogens with one attached hydrogen (secondary N) is 1. The largest absolute Gasteiger partial charge is 0.298 e. The number of thiazole rings is 1. The lowest BCUT2D eigenvalue weighted by molar-refractivity contribution is -0.384. The third kappa shape index (κ3) is 4.14. The molecule has 0 saturated heterocycles. The van der Waals surface area contributed by atoms with Crippen molar-refractivity contribution in [2.75, 3.05) is 15.9 Å². The fraction of sp³-hybridized carbons (Fsp3) is 0.200. The Kier molecular flexibility index (Phi) is 5.23. The van der Waals surface area contributed by atoms with Crippen LogP contribution in [0.4, 0.5) is 16.5 Å². The van der Waals surface area contributed by atoms with E-state index in [9.17, 15) is 23.3 Å². The molecule has 3 aromatic rings. The van der Waals surface area contributed by atoms with E-state index in [-0.39, 0.29) is 17.6 Å². The predicted octanol–water partition coefficient (Wildman–Crippen LogP) is 3.68. The molecule has 0 spiro atoms. The topological polar surface area (TPSA) is 123 Å². The SMILES string of the molecule is CC1Cc2cc(C(=O)Nc3nc(-c4cccc([N+](=O)[O-])c4)cs3)ccc2N1S(C)(=O)=O. The van der Waals surface area contributed by atoms with Crippen LogP contribution in [0.1, 0.15) is 22.8 Å². The molecule has 1 N–H and O–H groups in total. The van der Waals surface area contributed by atoms with Crippen molar-refractivity contribution in [2.24, 2.45) is 0 Å². The van der Waals surface area contributed by atoms with Crippen molar-refractivity contribution < 1.29 is 18.1 Å². The number of hydrogen-bond acceptors (Lipinski definition) is 7. The number of sulfonamides is 1. The molecule has 1 unspecified atom stereocenters. The van der Waals surface area contributed by atoms with E-state index in [2.05, 4.69) is 10.3 Å². The number of benzene rings is 2. The smallest absolute Gasteiger partial charge is 0.270 e. The number of amides is 1. The standard InChI is InChI=1S/C20H18N4O5S2/c1-12-8-15-9-14(6-7-18(15)23(12)31(2,28)29)19(25)22-20-21-17(11-30-20)13-4-3-5-16(10-13)24(26)27/h3-7,9-12H,8H2,1-2H3,(H,21,22,25). The van der Waals surface area contributed by atoms with Crippen LogP contribution in [0.25, 0.3) is 11.3 Å². The van der Waals surface area contributed by atoms with Gasteiger partial charge < -0.3 is 0 Å². The molecule has 4 rings (SSSR count). The highest BCUT2D eigenvalue weighted by Gasteiger charge is 2.32. The minimum atomic E-state index is -3.40. The zero-order chi connectivity index (χ0) is 22.3. The second kappa shape index (κ2) is 7.75. The van der Waals surface area contributed by atoms with Crippen LogP contribution in [-0.4, -0.2) is 36.5 Å². The molecule has 0 bridgehead atoms. The Morgan fingerprint density at radius 3 is 2.77 bits per heavy atom. The lowest BCUT2D eigenvalue weighted by Gasteiger charge is -2.21. The van der Waals surface area contributed by atoms with Gasteiger partial charge in [0.1, 0.15) is 0 Å². The van der Waals surface area contributed by atoms with Gasteiger partial charge in [0.15, 0.2) is 5.13 Å². The second-order valence-electron chi connectivity index (χ2n) is 7.25. The third-order valence-electron chi connectivity index (χ3n) is 4.93. The highest BCUT2D eigenvalue weighted by Crippen LogP contribution is 2.35. The fourth-order valence-corrected chi connectivity index (χ4v) is 5.64. The molecule has 2 aromatic carbocycles. The van der Waals surface area contributed by atoms with E-state index in [1.54, 1.807) is 35.7 Å². The number of nitro benzene ring substituents is 1. The van der Waals surface area contributed by atoms with Crippen molar-refractivity contribution in [3.05, 3.63) is 69.1 Å². The van der Waals surface area contributed by atoms with Crippen LogP contribution in [0.3, 0.4) is 0 Å². The van der Waals surface area contributed by atoms with Crippen LogP contribution in [-0.2, 0) is 16.4 Å². The van der Waals surface area contributed by atoms with Gasteiger partial charge in [0.05, 0.1) is 22.6 Å². The molecule has 11 heteroatoms. The number of non-ortho nitro benzene ring substituents is 1. The summed E-state index contributed by atoms with van der Waals surface area (Å²) in [5, 5.41) is 15.8. The summed E-state index contributed by atoms with van der Waals surface area (Å²) in [5.41, 5.74) is 2.85. The summed E-state index contributed by atoms with van der Waals surface area (Å²) >= 11 is 1.21. The molecule has 1 aliphatic heterocycles. The molecule has 1 atom stereocenters. The summed E-state index contributed by atoms with van der Waals surface area (Å²) < 4.78 is 25.5. The van der Waals surface area contributed by atoms with Crippen molar-refractivity contribution in [3.8, 4) is 11.3 Å². The van der Waals surface area contributed by atoms with Gasteiger partial charge in [0, 0.05) is 34.7 Å². The Hall–Kier alpha value is -3.31. The average molecular weight is 459 g/mol. The monoisotopic (exact) mass is 458 g/mol. The molecule has 2 heterocycles. The van der Waals surface area contributed by atoms with E-state index in [4.69, 9.17) is 0 Å². The molecule has 1 amide bonds. The van der Waals surface area contributed by atoms with Gasteiger partial charge in [-0.3, -0.25) is 24.5 Å². The molecule has 160 valence electrons. The van der Waals surface area contributed by atoms with E-state index >= 15 is 0 Å².